The maximum atomic E-state index is 13.0. The lowest BCUT2D eigenvalue weighted by Gasteiger charge is -2.10. The number of carbonyl (C=O) groups excluding carboxylic acids is 4. The maximum absolute atomic E-state index is 13.0. The maximum Gasteiger partial charge on any atom is 0.305 e. The van der Waals surface area contributed by atoms with Crippen LogP contribution >= 0.6 is 0 Å². The number of carbonyl (C=O) groups is 4. The quantitative estimate of drug-likeness (QED) is 0.0375. The highest BCUT2D eigenvalue weighted by Crippen LogP contribution is 2.33. The number of hydrogen-bond donors (Lipinski definition) is 4. The summed E-state index contributed by atoms with van der Waals surface area (Å²) in [6.45, 7) is 21.6. The van der Waals surface area contributed by atoms with Crippen molar-refractivity contribution in [3.05, 3.63) is 159 Å². The molecule has 0 aliphatic carbocycles. The van der Waals surface area contributed by atoms with Gasteiger partial charge in [0.05, 0.1) is 50.5 Å². The van der Waals surface area contributed by atoms with Crippen LogP contribution in [-0.4, -0.2) is 88.4 Å². The number of aromatic nitrogens is 4. The van der Waals surface area contributed by atoms with E-state index in [9.17, 15) is 19.2 Å². The van der Waals surface area contributed by atoms with E-state index < -0.39 is 16.1 Å². The molecule has 8 bridgehead atoms. The average Bonchev–Trinajstić information content (AvgIpc) is 4.08. The molecule has 12 nitrogen and oxygen atoms in total. The van der Waals surface area contributed by atoms with Gasteiger partial charge >= 0.3 is 23.9 Å². The van der Waals surface area contributed by atoms with Gasteiger partial charge in [-0.25, -0.2) is 0 Å². The minimum absolute atomic E-state index is 0.135. The fourth-order valence-electron chi connectivity index (χ4n) is 9.87. The number of H-pyrrole nitrogens is 4. The molecule has 2 aromatic carbocycles. The molecule has 0 amide bonds. The Morgan fingerprint density at radius 1 is 0.461 bits per heavy atom. The zero-order chi connectivity index (χ0) is 55.2. The van der Waals surface area contributed by atoms with Crippen molar-refractivity contribution < 1.29 is 38.1 Å². The van der Waals surface area contributed by atoms with Crippen LogP contribution < -0.4 is 21.4 Å². The van der Waals surface area contributed by atoms with Crippen LogP contribution in [0, 0.1) is 50.6 Å². The van der Waals surface area contributed by atoms with Crippen LogP contribution in [0.5, 0.6) is 0 Å². The van der Waals surface area contributed by atoms with E-state index in [1.165, 1.54) is 28.4 Å². The zero-order valence-electron chi connectivity index (χ0n) is 46.7. The lowest BCUT2D eigenvalue weighted by molar-refractivity contribution is -0.141. The topological polar surface area (TPSA) is 168 Å². The summed E-state index contributed by atoms with van der Waals surface area (Å²) in [6, 6.07) is 16.5. The molecule has 0 saturated heterocycles. The number of rotatable bonds is 14. The molecule has 1 aliphatic rings. The average molecular weight is 1060 g/mol. The number of benzene rings is 2. The van der Waals surface area contributed by atoms with Gasteiger partial charge in [0.25, 0.3) is 0 Å². The lowest BCUT2D eigenvalue weighted by atomic mass is 9.94. The molecule has 7 rings (SSSR count). The first-order chi connectivity index (χ1) is 36.0. The summed E-state index contributed by atoms with van der Waals surface area (Å²) in [5.74, 6) is 5.62. The number of nitrogens with one attached hydrogen (secondary N) is 4. The van der Waals surface area contributed by atoms with Gasteiger partial charge < -0.3 is 38.9 Å². The molecule has 0 atom stereocenters. The largest absolute Gasteiger partial charge is 0.469 e. The van der Waals surface area contributed by atoms with Crippen molar-refractivity contribution in [3.8, 4) is 22.9 Å². The molecule has 4 aromatic heterocycles. The van der Waals surface area contributed by atoms with Crippen LogP contribution in [0.1, 0.15) is 115 Å². The number of aromatic amines is 4. The standard InChI is InChI=1S/C62H72N4O8Si2/c1-37-45(21-25-53(67)71-5)49-35-50-47(23-27-55(69)73-7)39(3)61(65-50)58(44-20-16-18-42(34-44)30-32-76(12,13)14)62-40(4)48(24-28-56(70)74-8)52(66-62)36-51-46(22-26-54(68)72-6)38(2)60(64-51)57(59(37)63-49)43-19-15-17-41(33-43)29-31-75(9,10)11/h15-20,33-36,63-66H,21-28H2,1-14H3. The van der Waals surface area contributed by atoms with E-state index >= 15 is 0 Å². The molecular weight excluding hydrogens is 985 g/mol. The van der Waals surface area contributed by atoms with Gasteiger partial charge in [0.1, 0.15) is 16.1 Å². The molecule has 14 heteroatoms. The van der Waals surface area contributed by atoms with Crippen LogP contribution in [0.4, 0.5) is 0 Å². The van der Waals surface area contributed by atoms with Crippen molar-refractivity contribution in [2.45, 2.75) is 118 Å². The second kappa shape index (κ2) is 23.6. The van der Waals surface area contributed by atoms with Crippen LogP contribution in [0.2, 0.25) is 39.3 Å². The number of ether oxygens (including phenoxy) is 4. The molecule has 4 N–H and O–H groups in total. The van der Waals surface area contributed by atoms with E-state index in [-0.39, 0.29) is 49.6 Å². The second-order valence-corrected chi connectivity index (χ2v) is 31.1. The number of esters is 4. The molecule has 0 saturated carbocycles. The van der Waals surface area contributed by atoms with E-state index in [1.54, 1.807) is 0 Å². The Morgan fingerprint density at radius 3 is 1.11 bits per heavy atom. The second-order valence-electron chi connectivity index (χ2n) is 21.6. The highest BCUT2D eigenvalue weighted by atomic mass is 28.3. The highest BCUT2D eigenvalue weighted by Gasteiger charge is 2.26. The molecule has 76 heavy (non-hydrogen) atoms. The Kier molecular flexibility index (Phi) is 17.4. The Labute approximate surface area is 448 Å². The van der Waals surface area contributed by atoms with Gasteiger partial charge in [-0.3, -0.25) is 19.2 Å². The van der Waals surface area contributed by atoms with Crippen molar-refractivity contribution in [3.63, 3.8) is 0 Å². The van der Waals surface area contributed by atoms with E-state index in [2.05, 4.69) is 146 Å². The molecule has 396 valence electrons. The summed E-state index contributed by atoms with van der Waals surface area (Å²) in [4.78, 5) is 67.6. The third kappa shape index (κ3) is 12.9. The van der Waals surface area contributed by atoms with Crippen molar-refractivity contribution in [2.75, 3.05) is 28.4 Å². The van der Waals surface area contributed by atoms with Crippen molar-refractivity contribution in [1.82, 2.24) is 19.9 Å². The molecule has 1 aliphatic heterocycles. The number of hydrogen-bond acceptors (Lipinski definition) is 8. The van der Waals surface area contributed by atoms with Gasteiger partial charge in [0, 0.05) is 70.0 Å². The third-order valence-electron chi connectivity index (χ3n) is 13.9. The predicted octanol–water partition coefficient (Wildman–Crippen LogP) is 7.58. The smallest absolute Gasteiger partial charge is 0.305 e. The van der Waals surface area contributed by atoms with Crippen LogP contribution in [0.15, 0.2) is 48.5 Å². The van der Waals surface area contributed by atoms with Crippen LogP contribution in [0.3, 0.4) is 0 Å². The minimum atomic E-state index is -1.76. The Hall–Kier alpha value is -7.53. The first-order valence-electron chi connectivity index (χ1n) is 25.9. The van der Waals surface area contributed by atoms with Gasteiger partial charge in [-0.2, -0.15) is 0 Å². The Balaban J connectivity index is 1.75. The molecule has 0 spiro atoms. The monoisotopic (exact) mass is 1060 g/mol. The fourth-order valence-corrected chi connectivity index (χ4v) is 10.9. The third-order valence-corrected chi connectivity index (χ3v) is 15.7. The van der Waals surface area contributed by atoms with Gasteiger partial charge in [-0.05, 0) is 145 Å². The van der Waals surface area contributed by atoms with Gasteiger partial charge in [-0.1, -0.05) is 75.4 Å². The molecule has 0 unspecified atom stereocenters. The lowest BCUT2D eigenvalue weighted by Crippen LogP contribution is -2.18. The normalized spacial score (nSPS) is 12.1. The van der Waals surface area contributed by atoms with E-state index in [1.807, 2.05) is 24.3 Å². The first kappa shape index (κ1) is 56.2. The van der Waals surface area contributed by atoms with Gasteiger partial charge in [0.15, 0.2) is 0 Å². The molecular formula is C62H72N4O8Si2. The predicted molar refractivity (Wildman–Crippen MR) is 306 cm³/mol. The summed E-state index contributed by atoms with van der Waals surface area (Å²) < 4.78 is 20.8. The molecule has 0 radical (unpaired) electrons. The SMILES string of the molecule is COC(=O)CCc1c2[nH]c(c1C)C(c1cccc(C#C[Si](C)(C)C)c1)=c1[nH]c(c(CCC(=O)OC)c1C)=Cc1[nH]c(c(C)c1CCC(=O)OC)C(c1cccc(C#C[Si](C)(C)C)c1)=c1[nH]c(c(CCC(=O)OC)c1C)=C2. The van der Waals surface area contributed by atoms with Crippen molar-refractivity contribution in [2.24, 2.45) is 0 Å². The minimum Gasteiger partial charge on any atom is -0.469 e. The first-order valence-corrected chi connectivity index (χ1v) is 32.9. The summed E-state index contributed by atoms with van der Waals surface area (Å²) >= 11 is 0. The van der Waals surface area contributed by atoms with E-state index in [0.717, 1.165) is 122 Å². The molecule has 5 heterocycles. The van der Waals surface area contributed by atoms with E-state index in [0.29, 0.717) is 25.7 Å². The summed E-state index contributed by atoms with van der Waals surface area (Å²) in [5, 5.41) is 3.20. The van der Waals surface area contributed by atoms with Crippen LogP contribution in [0.25, 0.3) is 23.3 Å². The Morgan fingerprint density at radius 2 is 0.789 bits per heavy atom. The zero-order valence-corrected chi connectivity index (χ0v) is 48.7. The Bertz CT molecular complexity index is 3420. The molecule has 6 aromatic rings. The highest BCUT2D eigenvalue weighted by molar-refractivity contribution is 6.84. The summed E-state index contributed by atoms with van der Waals surface area (Å²) in [5.41, 5.74) is 23.0. The van der Waals surface area contributed by atoms with Gasteiger partial charge in [0.2, 0.25) is 0 Å². The molecule has 0 fully saturated rings. The number of fused-ring (bicyclic) bond motifs is 8. The summed E-state index contributed by atoms with van der Waals surface area (Å²) in [6.07, 6.45) is 6.21. The van der Waals surface area contributed by atoms with E-state index in [4.69, 9.17) is 18.9 Å². The van der Waals surface area contributed by atoms with Gasteiger partial charge in [-0.15, -0.1) is 11.1 Å². The van der Waals surface area contributed by atoms with Crippen molar-refractivity contribution >= 4 is 63.3 Å². The fraction of sp³-hybridized carbons (Fsp3) is 0.355. The van der Waals surface area contributed by atoms with Crippen molar-refractivity contribution in [1.29, 1.82) is 0 Å². The summed E-state index contributed by atoms with van der Waals surface area (Å²) in [7, 11) is 2.09. The number of methoxy groups -OCH3 is 4. The van der Waals surface area contributed by atoms with Crippen LogP contribution in [-0.2, 0) is 63.8 Å².